The lowest BCUT2D eigenvalue weighted by Crippen LogP contribution is -2.41. The summed E-state index contributed by atoms with van der Waals surface area (Å²) in [6.45, 7) is 17.2. The van der Waals surface area contributed by atoms with Gasteiger partial charge >= 0.3 is 0 Å². The lowest BCUT2D eigenvalue weighted by molar-refractivity contribution is -0.115. The van der Waals surface area contributed by atoms with Crippen molar-refractivity contribution in [2.45, 2.75) is 84.3 Å². The Bertz CT molecular complexity index is 1040. The first-order chi connectivity index (χ1) is 19.6. The maximum Gasteiger partial charge on any atom is 0.256 e. The van der Waals surface area contributed by atoms with Crippen LogP contribution in [0.2, 0.25) is 5.02 Å². The van der Waals surface area contributed by atoms with Gasteiger partial charge in [0.15, 0.2) is 0 Å². The smallest absolute Gasteiger partial charge is 0.256 e. The summed E-state index contributed by atoms with van der Waals surface area (Å²) in [4.78, 5) is 15.3. The number of aliphatic hydroxyl groups excluding tert-OH is 2. The highest BCUT2D eigenvalue weighted by Crippen LogP contribution is 2.43. The monoisotopic (exact) mass is 604 g/mol. The Morgan fingerprint density at radius 1 is 1.24 bits per heavy atom. The molecule has 1 aliphatic heterocycles. The average molecular weight is 605 g/mol. The van der Waals surface area contributed by atoms with Crippen LogP contribution in [0.5, 0.6) is 0 Å². The molecule has 1 aromatic carbocycles. The number of halogens is 1. The van der Waals surface area contributed by atoms with Gasteiger partial charge in [0.2, 0.25) is 0 Å². The molecule has 1 amide bonds. The number of allylic oxidation sites excluding steroid dienone is 3. The van der Waals surface area contributed by atoms with E-state index < -0.39 is 0 Å². The number of rotatable bonds is 7. The van der Waals surface area contributed by atoms with Gasteiger partial charge in [0.1, 0.15) is 0 Å². The van der Waals surface area contributed by atoms with Gasteiger partial charge in [-0.15, -0.1) is 0 Å². The maximum atomic E-state index is 12.9. The fourth-order valence-electron chi connectivity index (χ4n) is 5.96. The standard InChI is InChI=1S/C33H49ClN2O2S.CH4O/c1-7-27-19-30(34)14-16-31(27)24(4)20-36-21-29-13-15-32(29)28(12-9-17-37)11-8-10-22(2)26(6)39-35-33(38)23(3)18-25(36)5;1-2/h8,11,14,16,18-19,22,24,26,28-29,32,37H,5,7,9-10,12-13,15,17,20-21H2,1-4,6H3,(H,35,38);2H,1H3/b11-8+,23-18+;. The molecule has 5 nitrogen and oxygen atoms in total. The molecule has 1 aromatic rings. The topological polar surface area (TPSA) is 72.8 Å². The predicted molar refractivity (Wildman–Crippen MR) is 176 cm³/mol. The predicted octanol–water partition coefficient (Wildman–Crippen LogP) is 7.54. The molecule has 3 rings (SSSR count). The van der Waals surface area contributed by atoms with Gasteiger partial charge in [-0.2, -0.15) is 0 Å². The van der Waals surface area contributed by atoms with E-state index in [0.717, 1.165) is 56.6 Å². The Morgan fingerprint density at radius 3 is 2.61 bits per heavy atom. The van der Waals surface area contributed by atoms with Crippen molar-refractivity contribution in [2.24, 2.45) is 23.7 Å². The molecule has 1 aliphatic carbocycles. The minimum Gasteiger partial charge on any atom is -0.400 e. The number of nitrogens with one attached hydrogen (secondary N) is 1. The zero-order valence-electron chi connectivity index (χ0n) is 26.0. The van der Waals surface area contributed by atoms with Crippen LogP contribution in [-0.4, -0.2) is 53.1 Å². The first kappa shape index (κ1) is 35.5. The summed E-state index contributed by atoms with van der Waals surface area (Å²) in [7, 11) is 1.00. The van der Waals surface area contributed by atoms with Crippen molar-refractivity contribution >= 4 is 29.5 Å². The second-order valence-corrected chi connectivity index (χ2v) is 13.4. The van der Waals surface area contributed by atoms with E-state index in [9.17, 15) is 9.90 Å². The SMILES string of the molecule is C=C1/C=C(\C)C(=O)NSC(C)C(C)C/C=C/C(CCCO)C2CCC2CN1CC(C)c1ccc(Cl)cc1CC.CO. The molecule has 0 radical (unpaired) electrons. The number of amides is 1. The highest BCUT2D eigenvalue weighted by molar-refractivity contribution is 7.98. The molecule has 7 heteroatoms. The summed E-state index contributed by atoms with van der Waals surface area (Å²) in [5.41, 5.74) is 4.20. The highest BCUT2D eigenvalue weighted by atomic mass is 35.5. The van der Waals surface area contributed by atoms with Crippen molar-refractivity contribution in [3.05, 3.63) is 70.4 Å². The number of hydrogen-bond acceptors (Lipinski definition) is 5. The molecule has 1 saturated carbocycles. The maximum absolute atomic E-state index is 12.9. The van der Waals surface area contributed by atoms with Crippen LogP contribution in [0.3, 0.4) is 0 Å². The number of fused-ring (bicyclic) bond motifs is 1. The summed E-state index contributed by atoms with van der Waals surface area (Å²) >= 11 is 7.82. The summed E-state index contributed by atoms with van der Waals surface area (Å²) in [6, 6.07) is 6.25. The van der Waals surface area contributed by atoms with Crippen LogP contribution in [0.1, 0.15) is 83.8 Å². The largest absolute Gasteiger partial charge is 0.400 e. The third-order valence-corrected chi connectivity index (χ3v) is 10.2. The molecule has 230 valence electrons. The summed E-state index contributed by atoms with van der Waals surface area (Å²) in [5, 5.41) is 17.7. The van der Waals surface area contributed by atoms with E-state index >= 15 is 0 Å². The second-order valence-electron chi connectivity index (χ2n) is 11.7. The van der Waals surface area contributed by atoms with E-state index in [4.69, 9.17) is 16.7 Å². The van der Waals surface area contributed by atoms with Gasteiger partial charge < -0.3 is 15.1 Å². The molecule has 6 unspecified atom stereocenters. The number of benzene rings is 1. The van der Waals surface area contributed by atoms with Crippen LogP contribution >= 0.6 is 23.5 Å². The fourth-order valence-corrected chi connectivity index (χ4v) is 6.95. The van der Waals surface area contributed by atoms with Gasteiger partial charge in [0.25, 0.3) is 5.91 Å². The third-order valence-electron chi connectivity index (χ3n) is 8.87. The Balaban J connectivity index is 0.00000287. The highest BCUT2D eigenvalue weighted by Gasteiger charge is 2.37. The lowest BCUT2D eigenvalue weighted by atomic mass is 9.65. The van der Waals surface area contributed by atoms with Crippen LogP contribution < -0.4 is 4.72 Å². The first-order valence-electron chi connectivity index (χ1n) is 15.2. The van der Waals surface area contributed by atoms with Crippen molar-refractivity contribution in [1.82, 2.24) is 9.62 Å². The fraction of sp³-hybridized carbons (Fsp3) is 0.618. The molecular weight excluding hydrogens is 552 g/mol. The van der Waals surface area contributed by atoms with E-state index in [0.29, 0.717) is 40.4 Å². The molecule has 6 atom stereocenters. The first-order valence-corrected chi connectivity index (χ1v) is 16.5. The molecule has 1 fully saturated rings. The van der Waals surface area contributed by atoms with Crippen LogP contribution in [0, 0.1) is 23.7 Å². The average Bonchev–Trinajstić information content (AvgIpc) is 2.95. The molecule has 1 heterocycles. The Hall–Kier alpha value is -1.73. The van der Waals surface area contributed by atoms with E-state index in [1.807, 2.05) is 19.1 Å². The minimum atomic E-state index is -0.0487. The van der Waals surface area contributed by atoms with Gasteiger partial charge in [-0.05, 0) is 116 Å². The van der Waals surface area contributed by atoms with Crippen molar-refractivity contribution in [2.75, 3.05) is 26.8 Å². The molecule has 0 bridgehead atoms. The van der Waals surface area contributed by atoms with Crippen molar-refractivity contribution < 1.29 is 15.0 Å². The normalized spacial score (nSPS) is 28.7. The summed E-state index contributed by atoms with van der Waals surface area (Å²) in [5.74, 6) is 2.37. The van der Waals surface area contributed by atoms with Gasteiger partial charge in [-0.25, -0.2) is 0 Å². The number of hydrogen-bond donors (Lipinski definition) is 3. The van der Waals surface area contributed by atoms with E-state index in [2.05, 4.69) is 68.2 Å². The Labute approximate surface area is 258 Å². The Kier molecular flexibility index (Phi) is 15.6. The number of aliphatic hydroxyl groups is 2. The van der Waals surface area contributed by atoms with Gasteiger partial charge in [-0.3, -0.25) is 9.52 Å². The number of nitrogens with zero attached hydrogens (tertiary/aromatic N) is 1. The van der Waals surface area contributed by atoms with E-state index in [1.165, 1.54) is 35.9 Å². The molecule has 0 aromatic heterocycles. The van der Waals surface area contributed by atoms with Crippen LogP contribution in [0.15, 0.2) is 54.3 Å². The molecule has 0 saturated heterocycles. The van der Waals surface area contributed by atoms with Crippen molar-refractivity contribution in [3.8, 4) is 0 Å². The van der Waals surface area contributed by atoms with E-state index in [1.54, 1.807) is 0 Å². The Morgan fingerprint density at radius 2 is 1.98 bits per heavy atom. The number of carbonyl (C=O) groups is 1. The van der Waals surface area contributed by atoms with Gasteiger partial charge in [-0.1, -0.05) is 64.1 Å². The molecule has 41 heavy (non-hydrogen) atoms. The molecule has 2 aliphatic rings. The van der Waals surface area contributed by atoms with Crippen LogP contribution in [-0.2, 0) is 11.2 Å². The van der Waals surface area contributed by atoms with Crippen molar-refractivity contribution in [1.29, 1.82) is 0 Å². The minimum absolute atomic E-state index is 0.0487. The third kappa shape index (κ3) is 10.5. The zero-order valence-corrected chi connectivity index (χ0v) is 27.6. The van der Waals surface area contributed by atoms with Crippen LogP contribution in [0.4, 0.5) is 0 Å². The lowest BCUT2D eigenvalue weighted by Gasteiger charge is -2.45. The van der Waals surface area contributed by atoms with Crippen molar-refractivity contribution in [3.63, 3.8) is 0 Å². The van der Waals surface area contributed by atoms with E-state index in [-0.39, 0.29) is 12.5 Å². The van der Waals surface area contributed by atoms with Gasteiger partial charge in [0.05, 0.1) is 0 Å². The zero-order chi connectivity index (χ0) is 30.5. The number of carbonyl (C=O) groups excluding carboxylic acids is 1. The molecule has 0 spiro atoms. The van der Waals surface area contributed by atoms with Crippen LogP contribution in [0.25, 0.3) is 0 Å². The van der Waals surface area contributed by atoms with Gasteiger partial charge in [0, 0.05) is 48.3 Å². The number of aryl methyl sites for hydroxylation is 1. The quantitative estimate of drug-likeness (QED) is 0.221. The summed E-state index contributed by atoms with van der Waals surface area (Å²) < 4.78 is 3.07. The summed E-state index contributed by atoms with van der Waals surface area (Å²) in [6.07, 6.45) is 13.0. The second kappa shape index (κ2) is 18.0. The molecular formula is C34H53ClN2O3S. The molecule has 3 N–H and O–H groups in total.